The van der Waals surface area contributed by atoms with Gasteiger partial charge >= 0.3 is 0 Å². The monoisotopic (exact) mass is 544 g/mol. The molecule has 1 aromatic carbocycles. The van der Waals surface area contributed by atoms with Crippen LogP contribution in [0, 0.1) is 24.2 Å². The third-order valence-corrected chi connectivity index (χ3v) is 10.2. The molecular weight excluding hydrogens is 496 g/mol. The molecule has 3 unspecified atom stereocenters. The van der Waals surface area contributed by atoms with Gasteiger partial charge in [-0.3, -0.25) is 0 Å². The van der Waals surface area contributed by atoms with Gasteiger partial charge in [0, 0.05) is 31.4 Å². The summed E-state index contributed by atoms with van der Waals surface area (Å²) in [5.41, 5.74) is 28.7. The predicted molar refractivity (Wildman–Crippen MR) is 179 cm³/mol. The number of anilines is 1. The zero-order chi connectivity index (χ0) is 30.0. The van der Waals surface area contributed by atoms with E-state index in [4.69, 9.17) is 12.3 Å². The molecule has 5 rings (SSSR count). The summed E-state index contributed by atoms with van der Waals surface area (Å²) in [6.45, 7) is 27.3. The third kappa shape index (κ3) is 4.58. The number of nitrogens with two attached hydrogens (primary N) is 1. The Labute approximate surface area is 248 Å². The Morgan fingerprint density at radius 2 is 1.85 bits per heavy atom. The van der Waals surface area contributed by atoms with Crippen LogP contribution in [0.15, 0.2) is 94.5 Å². The fourth-order valence-electron chi connectivity index (χ4n) is 8.64. The van der Waals surface area contributed by atoms with E-state index in [1.54, 1.807) is 0 Å². The van der Waals surface area contributed by atoms with Gasteiger partial charge in [-0.2, -0.15) is 0 Å². The second-order valence-corrected chi connectivity index (χ2v) is 13.4. The fourth-order valence-corrected chi connectivity index (χ4v) is 8.64. The molecule has 0 aromatic heterocycles. The van der Waals surface area contributed by atoms with E-state index < -0.39 is 0 Å². The van der Waals surface area contributed by atoms with Crippen LogP contribution in [0.3, 0.4) is 0 Å². The molecule has 2 N–H and O–H groups in total. The SMILES string of the molecule is C=C(N)C1=C(C)CC2CC3(C)Cc4c(N(C)C)cc(C5=CC=C(C)C(CCC)=C=C5)c(C)c4C(=C)C3=C(C)C2C1=C. The van der Waals surface area contributed by atoms with Gasteiger partial charge in [0.05, 0.1) is 0 Å². The molecule has 0 radical (unpaired) electrons. The van der Waals surface area contributed by atoms with Crippen LogP contribution in [-0.2, 0) is 6.42 Å². The summed E-state index contributed by atoms with van der Waals surface area (Å²) in [6.07, 6.45) is 12.1. The normalized spacial score (nSPS) is 25.6. The van der Waals surface area contributed by atoms with Crippen LogP contribution < -0.4 is 10.6 Å². The van der Waals surface area contributed by atoms with Crippen molar-refractivity contribution in [2.24, 2.45) is 23.0 Å². The summed E-state index contributed by atoms with van der Waals surface area (Å²) in [6, 6.07) is 2.41. The zero-order valence-corrected chi connectivity index (χ0v) is 26.6. The molecule has 0 fully saturated rings. The Morgan fingerprint density at radius 3 is 2.49 bits per heavy atom. The average molecular weight is 545 g/mol. The van der Waals surface area contributed by atoms with E-state index in [1.807, 2.05) is 0 Å². The van der Waals surface area contributed by atoms with Crippen molar-refractivity contribution < 1.29 is 0 Å². The van der Waals surface area contributed by atoms with Crippen molar-refractivity contribution in [1.29, 1.82) is 0 Å². The third-order valence-electron chi connectivity index (χ3n) is 10.2. The molecule has 0 heterocycles. The first-order valence-electron chi connectivity index (χ1n) is 15.2. The number of hydrogen-bond acceptors (Lipinski definition) is 2. The molecule has 0 spiro atoms. The Bertz CT molecular complexity index is 1590. The highest BCUT2D eigenvalue weighted by Crippen LogP contribution is 2.61. The minimum absolute atomic E-state index is 0.0327. The van der Waals surface area contributed by atoms with E-state index in [-0.39, 0.29) is 11.3 Å². The van der Waals surface area contributed by atoms with E-state index in [1.165, 1.54) is 67.0 Å². The first kappa shape index (κ1) is 29.0. The summed E-state index contributed by atoms with van der Waals surface area (Å²) >= 11 is 0. The van der Waals surface area contributed by atoms with Crippen LogP contribution in [-0.4, -0.2) is 14.1 Å². The minimum Gasteiger partial charge on any atom is -0.399 e. The molecule has 0 bridgehead atoms. The van der Waals surface area contributed by atoms with Gasteiger partial charge in [0.25, 0.3) is 0 Å². The molecule has 4 aliphatic carbocycles. The molecular formula is C39H48N2. The lowest BCUT2D eigenvalue weighted by Crippen LogP contribution is -2.41. The molecule has 2 heteroatoms. The van der Waals surface area contributed by atoms with E-state index in [0.29, 0.717) is 11.6 Å². The van der Waals surface area contributed by atoms with E-state index in [2.05, 4.69) is 104 Å². The first-order valence-corrected chi connectivity index (χ1v) is 15.2. The van der Waals surface area contributed by atoms with Crippen LogP contribution in [0.4, 0.5) is 5.69 Å². The van der Waals surface area contributed by atoms with E-state index in [0.717, 1.165) is 43.3 Å². The second kappa shape index (κ2) is 10.4. The van der Waals surface area contributed by atoms with Gasteiger partial charge in [-0.25, -0.2) is 0 Å². The lowest BCUT2D eigenvalue weighted by atomic mass is 9.52. The Hall–Kier alpha value is -3.48. The highest BCUT2D eigenvalue weighted by Gasteiger charge is 2.49. The van der Waals surface area contributed by atoms with Gasteiger partial charge in [-0.15, -0.1) is 5.73 Å². The standard InChI is InChI=1S/C39H48N2/c1-12-13-29-16-17-30(15-14-22(29)2)32-19-34(41(10)11)33-21-39(9)20-31-18-23(3)35(28(8)40)25(5)36(31)26(6)38(39)27(7)37(33)24(32)4/h14-15,17,19,31,36H,5,7-8,12-13,18,20-21,40H2,1-4,6,9-11H3. The lowest BCUT2D eigenvalue weighted by Gasteiger charge is -2.52. The van der Waals surface area contributed by atoms with Gasteiger partial charge in [0.2, 0.25) is 0 Å². The fraction of sp³-hybridized carbons (Fsp3) is 0.410. The van der Waals surface area contributed by atoms with Crippen molar-refractivity contribution in [2.45, 2.75) is 73.6 Å². The van der Waals surface area contributed by atoms with Crippen molar-refractivity contribution in [3.8, 4) is 0 Å². The Kier molecular flexibility index (Phi) is 7.37. The number of rotatable bonds is 5. The van der Waals surface area contributed by atoms with Crippen molar-refractivity contribution in [3.63, 3.8) is 0 Å². The Morgan fingerprint density at radius 1 is 1.15 bits per heavy atom. The number of fused-ring (bicyclic) bond motifs is 3. The van der Waals surface area contributed by atoms with Gasteiger partial charge in [0.15, 0.2) is 0 Å². The maximum Gasteiger partial charge on any atom is 0.0406 e. The molecule has 0 amide bonds. The Balaban J connectivity index is 1.71. The second-order valence-electron chi connectivity index (χ2n) is 13.4. The predicted octanol–water partition coefficient (Wildman–Crippen LogP) is 9.56. The highest BCUT2D eigenvalue weighted by molar-refractivity contribution is 5.93. The maximum absolute atomic E-state index is 6.29. The van der Waals surface area contributed by atoms with E-state index >= 15 is 0 Å². The molecule has 0 aliphatic heterocycles. The number of nitrogens with zero attached hydrogens (tertiary/aromatic N) is 1. The van der Waals surface area contributed by atoms with Crippen LogP contribution in [0.2, 0.25) is 0 Å². The van der Waals surface area contributed by atoms with Crippen LogP contribution in [0.5, 0.6) is 0 Å². The summed E-state index contributed by atoms with van der Waals surface area (Å²) in [7, 11) is 4.35. The minimum atomic E-state index is 0.0327. The molecule has 214 valence electrons. The molecule has 4 aliphatic rings. The van der Waals surface area contributed by atoms with Gasteiger partial charge in [0.1, 0.15) is 0 Å². The van der Waals surface area contributed by atoms with Crippen molar-refractivity contribution >= 4 is 16.8 Å². The van der Waals surface area contributed by atoms with Gasteiger partial charge < -0.3 is 10.6 Å². The van der Waals surface area contributed by atoms with Gasteiger partial charge in [-0.1, -0.05) is 63.3 Å². The average Bonchev–Trinajstić information content (AvgIpc) is 3.04. The molecule has 0 saturated carbocycles. The molecule has 1 aromatic rings. The van der Waals surface area contributed by atoms with E-state index in [9.17, 15) is 0 Å². The van der Waals surface area contributed by atoms with Crippen molar-refractivity contribution in [3.05, 3.63) is 117 Å². The molecule has 0 saturated heterocycles. The largest absolute Gasteiger partial charge is 0.399 e. The van der Waals surface area contributed by atoms with Gasteiger partial charge in [-0.05, 0) is 138 Å². The zero-order valence-electron chi connectivity index (χ0n) is 26.6. The van der Waals surface area contributed by atoms with Crippen LogP contribution >= 0.6 is 0 Å². The number of allylic oxidation sites excluding steroid dienone is 10. The number of benzene rings is 1. The van der Waals surface area contributed by atoms with Crippen molar-refractivity contribution in [1.82, 2.24) is 0 Å². The van der Waals surface area contributed by atoms with Crippen LogP contribution in [0.1, 0.15) is 82.6 Å². The molecule has 3 atom stereocenters. The lowest BCUT2D eigenvalue weighted by molar-refractivity contribution is 0.221. The summed E-state index contributed by atoms with van der Waals surface area (Å²) in [4.78, 5) is 2.29. The highest BCUT2D eigenvalue weighted by atomic mass is 15.1. The van der Waals surface area contributed by atoms with Crippen molar-refractivity contribution in [2.75, 3.05) is 19.0 Å². The molecule has 41 heavy (non-hydrogen) atoms. The topological polar surface area (TPSA) is 29.3 Å². The first-order chi connectivity index (χ1) is 19.3. The summed E-state index contributed by atoms with van der Waals surface area (Å²) in [5.74, 6) is 0.812. The summed E-state index contributed by atoms with van der Waals surface area (Å²) < 4.78 is 0. The summed E-state index contributed by atoms with van der Waals surface area (Å²) in [5, 5.41) is 0. The maximum atomic E-state index is 6.29. The quantitative estimate of drug-likeness (QED) is 0.374. The smallest absolute Gasteiger partial charge is 0.0406 e. The van der Waals surface area contributed by atoms with Crippen LogP contribution in [0.25, 0.3) is 11.1 Å². The molecule has 2 nitrogen and oxygen atoms in total. The number of hydrogen-bond donors (Lipinski definition) is 1.